The Morgan fingerprint density at radius 1 is 1.34 bits per heavy atom. The number of fused-ring (bicyclic) bond motifs is 3. The van der Waals surface area contributed by atoms with Crippen LogP contribution in [0.3, 0.4) is 0 Å². The van der Waals surface area contributed by atoms with Gasteiger partial charge in [0.1, 0.15) is 17.5 Å². The van der Waals surface area contributed by atoms with Gasteiger partial charge < -0.3 is 15.0 Å². The minimum Gasteiger partial charge on any atom is -0.496 e. The van der Waals surface area contributed by atoms with Gasteiger partial charge in [0.2, 0.25) is 5.91 Å². The second-order valence-electron chi connectivity index (χ2n) is 8.11. The molecule has 4 heterocycles. The van der Waals surface area contributed by atoms with Gasteiger partial charge in [0.25, 0.3) is 0 Å². The van der Waals surface area contributed by atoms with Gasteiger partial charge in [-0.15, -0.1) is 5.10 Å². The molecule has 2 N–H and O–H groups in total. The first kappa shape index (κ1) is 19.6. The van der Waals surface area contributed by atoms with E-state index in [1.54, 1.807) is 18.0 Å². The Bertz CT molecular complexity index is 896. The number of hydrogen-bond acceptors (Lipinski definition) is 5. The number of methoxy groups -OCH3 is 1. The molecule has 3 fully saturated rings. The standard InChI is InChI=1S/C21H27N5O3/c1-14(27)19-13-26(24-23-19)11-17-9-15-7-8-25(17)12-18(15)21(28)22-10-16-5-3-4-6-20(16)29-2/h3-6,13,15,17-18H,7-12H2,1-2H3,(H,22,28)/p+1/t15-,17-,18+/m1/s1. The maximum absolute atomic E-state index is 12.9. The zero-order chi connectivity index (χ0) is 20.4. The van der Waals surface area contributed by atoms with Crippen LogP contribution in [0.5, 0.6) is 5.75 Å². The lowest BCUT2D eigenvalue weighted by Crippen LogP contribution is -3.20. The van der Waals surface area contributed by atoms with E-state index in [2.05, 4.69) is 15.6 Å². The van der Waals surface area contributed by atoms with E-state index in [1.807, 2.05) is 24.3 Å². The van der Waals surface area contributed by atoms with E-state index in [-0.39, 0.29) is 17.6 Å². The quantitative estimate of drug-likeness (QED) is 0.646. The van der Waals surface area contributed by atoms with Crippen molar-refractivity contribution in [2.45, 2.75) is 38.9 Å². The summed E-state index contributed by atoms with van der Waals surface area (Å²) in [6.07, 6.45) is 3.80. The van der Waals surface area contributed by atoms with Crippen molar-refractivity contribution in [1.29, 1.82) is 0 Å². The molecule has 0 aliphatic carbocycles. The van der Waals surface area contributed by atoms with E-state index in [0.29, 0.717) is 24.2 Å². The van der Waals surface area contributed by atoms with Crippen molar-refractivity contribution in [2.24, 2.45) is 11.8 Å². The Morgan fingerprint density at radius 2 is 2.17 bits per heavy atom. The second kappa shape index (κ2) is 8.32. The molecular formula is C21H28N5O3+. The van der Waals surface area contributed by atoms with Crippen LogP contribution >= 0.6 is 0 Å². The number of aromatic nitrogens is 3. The topological polar surface area (TPSA) is 90.5 Å². The van der Waals surface area contributed by atoms with E-state index in [0.717, 1.165) is 43.8 Å². The van der Waals surface area contributed by atoms with E-state index >= 15 is 0 Å². The predicted octanol–water partition coefficient (Wildman–Crippen LogP) is 0.0990. The van der Waals surface area contributed by atoms with Gasteiger partial charge in [-0.05, 0) is 12.0 Å². The first-order valence-corrected chi connectivity index (χ1v) is 10.2. The van der Waals surface area contributed by atoms with Crippen molar-refractivity contribution >= 4 is 11.7 Å². The van der Waals surface area contributed by atoms with Gasteiger partial charge >= 0.3 is 0 Å². The minimum absolute atomic E-state index is 0.0493. The third kappa shape index (κ3) is 4.17. The second-order valence-corrected chi connectivity index (χ2v) is 8.11. The molecule has 8 heteroatoms. The smallest absolute Gasteiger partial charge is 0.229 e. The molecule has 3 saturated heterocycles. The van der Waals surface area contributed by atoms with E-state index < -0.39 is 0 Å². The molecule has 0 spiro atoms. The number of rotatable bonds is 7. The van der Waals surface area contributed by atoms with Crippen molar-refractivity contribution in [2.75, 3.05) is 20.2 Å². The van der Waals surface area contributed by atoms with Crippen LogP contribution in [0.1, 0.15) is 35.8 Å². The van der Waals surface area contributed by atoms with Gasteiger partial charge in [-0.25, -0.2) is 4.68 Å². The lowest BCUT2D eigenvalue weighted by atomic mass is 9.75. The van der Waals surface area contributed by atoms with E-state index in [4.69, 9.17) is 4.74 Å². The third-order valence-electron chi connectivity index (χ3n) is 6.34. The number of piperidine rings is 3. The van der Waals surface area contributed by atoms with E-state index in [1.165, 1.54) is 11.8 Å². The van der Waals surface area contributed by atoms with Crippen molar-refractivity contribution in [3.05, 3.63) is 41.7 Å². The number of quaternary nitrogens is 1. The van der Waals surface area contributed by atoms with Gasteiger partial charge in [-0.2, -0.15) is 0 Å². The number of Topliss-reactive ketones (excluding diaryl/α,β-unsaturated/α-hetero) is 1. The molecule has 0 saturated carbocycles. The molecule has 3 aliphatic heterocycles. The van der Waals surface area contributed by atoms with Crippen molar-refractivity contribution in [1.82, 2.24) is 20.3 Å². The van der Waals surface area contributed by atoms with Gasteiger partial charge in [-0.3, -0.25) is 9.59 Å². The van der Waals surface area contributed by atoms with Gasteiger partial charge in [0, 0.05) is 31.9 Å². The van der Waals surface area contributed by atoms with Crippen LogP contribution in [0, 0.1) is 11.8 Å². The summed E-state index contributed by atoms with van der Waals surface area (Å²) in [5.41, 5.74) is 1.40. The molecule has 29 heavy (non-hydrogen) atoms. The average molecular weight is 398 g/mol. The molecular weight excluding hydrogens is 370 g/mol. The van der Waals surface area contributed by atoms with Crippen LogP contribution in [-0.2, 0) is 17.9 Å². The number of benzene rings is 1. The van der Waals surface area contributed by atoms with Gasteiger partial charge in [-0.1, -0.05) is 23.4 Å². The predicted molar refractivity (Wildman–Crippen MR) is 106 cm³/mol. The zero-order valence-electron chi connectivity index (χ0n) is 16.9. The number of nitrogens with zero attached hydrogens (tertiary/aromatic N) is 3. The summed E-state index contributed by atoms with van der Waals surface area (Å²) >= 11 is 0. The maximum Gasteiger partial charge on any atom is 0.229 e. The zero-order valence-corrected chi connectivity index (χ0v) is 16.9. The summed E-state index contributed by atoms with van der Waals surface area (Å²) in [4.78, 5) is 25.8. The number of para-hydroxylation sites is 1. The number of ketones is 1. The molecule has 0 radical (unpaired) electrons. The van der Waals surface area contributed by atoms with Crippen LogP contribution in [0.25, 0.3) is 0 Å². The Labute approximate surface area is 170 Å². The van der Waals surface area contributed by atoms with Crippen molar-refractivity contribution < 1.29 is 19.2 Å². The SMILES string of the molecule is COc1ccccc1CNC(=O)[C@H]1C[NH+]2CC[C@@H]1C[C@@H]2Cn1cc(C(C)=O)nn1. The summed E-state index contributed by atoms with van der Waals surface area (Å²) in [7, 11) is 1.64. The van der Waals surface area contributed by atoms with Crippen LogP contribution < -0.4 is 15.0 Å². The molecule has 154 valence electrons. The molecule has 1 aromatic heterocycles. The average Bonchev–Trinajstić information content (AvgIpc) is 3.21. The van der Waals surface area contributed by atoms with Crippen LogP contribution in [0.15, 0.2) is 30.5 Å². The Balaban J connectivity index is 1.34. The highest BCUT2D eigenvalue weighted by molar-refractivity contribution is 5.91. The number of carbonyl (C=O) groups excluding carboxylic acids is 2. The molecule has 1 amide bonds. The fourth-order valence-electron chi connectivity index (χ4n) is 4.76. The fourth-order valence-corrected chi connectivity index (χ4v) is 4.76. The summed E-state index contributed by atoms with van der Waals surface area (Å²) < 4.78 is 7.14. The van der Waals surface area contributed by atoms with Crippen LogP contribution in [0.4, 0.5) is 0 Å². The highest BCUT2D eigenvalue weighted by Crippen LogP contribution is 2.28. The van der Waals surface area contributed by atoms with Crippen molar-refractivity contribution in [3.63, 3.8) is 0 Å². The summed E-state index contributed by atoms with van der Waals surface area (Å²) in [5.74, 6) is 1.31. The molecule has 2 aromatic rings. The molecule has 8 nitrogen and oxygen atoms in total. The Kier molecular flexibility index (Phi) is 5.62. The molecule has 5 rings (SSSR count). The largest absolute Gasteiger partial charge is 0.496 e. The van der Waals surface area contributed by atoms with E-state index in [9.17, 15) is 9.59 Å². The molecule has 1 aromatic carbocycles. The maximum atomic E-state index is 12.9. The molecule has 3 aliphatic rings. The summed E-state index contributed by atoms with van der Waals surface area (Å²) in [6.45, 7) is 4.65. The highest BCUT2D eigenvalue weighted by Gasteiger charge is 2.46. The third-order valence-corrected chi connectivity index (χ3v) is 6.34. The first-order chi connectivity index (χ1) is 14.0. The number of hydrogen-bond donors (Lipinski definition) is 2. The molecule has 2 bridgehead atoms. The Morgan fingerprint density at radius 3 is 2.86 bits per heavy atom. The lowest BCUT2D eigenvalue weighted by Gasteiger charge is -2.46. The van der Waals surface area contributed by atoms with Gasteiger partial charge in [0.15, 0.2) is 5.78 Å². The number of carbonyl (C=O) groups is 2. The summed E-state index contributed by atoms with van der Waals surface area (Å²) in [5, 5.41) is 11.1. The Hall–Kier alpha value is -2.74. The lowest BCUT2D eigenvalue weighted by molar-refractivity contribution is -0.945. The normalized spacial score (nSPS) is 25.6. The highest BCUT2D eigenvalue weighted by atomic mass is 16.5. The first-order valence-electron chi connectivity index (χ1n) is 10.2. The fraction of sp³-hybridized carbons (Fsp3) is 0.524. The number of nitrogens with one attached hydrogen (secondary N) is 2. The minimum atomic E-state index is -0.0687. The van der Waals surface area contributed by atoms with Crippen LogP contribution in [0.2, 0.25) is 0 Å². The van der Waals surface area contributed by atoms with Crippen LogP contribution in [-0.4, -0.2) is 52.9 Å². The van der Waals surface area contributed by atoms with Crippen molar-refractivity contribution in [3.8, 4) is 5.75 Å². The summed E-state index contributed by atoms with van der Waals surface area (Å²) in [6, 6.07) is 8.18. The number of ether oxygens (including phenoxy) is 1. The monoisotopic (exact) mass is 398 g/mol. The molecule has 4 atom stereocenters. The molecule has 1 unspecified atom stereocenters. The number of amides is 1. The van der Waals surface area contributed by atoms with Gasteiger partial charge in [0.05, 0.1) is 38.9 Å².